The third-order valence-corrected chi connectivity index (χ3v) is 4.38. The van der Waals surface area contributed by atoms with Gasteiger partial charge in [0.05, 0.1) is 26.7 Å². The summed E-state index contributed by atoms with van der Waals surface area (Å²) in [4.78, 5) is 25.6. The number of benzene rings is 1. The van der Waals surface area contributed by atoms with Gasteiger partial charge < -0.3 is 24.2 Å². The van der Waals surface area contributed by atoms with Crippen LogP contribution in [0.5, 0.6) is 11.5 Å². The number of aliphatic carboxylic acids is 1. The van der Waals surface area contributed by atoms with Gasteiger partial charge >= 0.3 is 5.97 Å². The topological polar surface area (TPSA) is 85.3 Å². The zero-order valence-electron chi connectivity index (χ0n) is 14.4. The van der Waals surface area contributed by atoms with Crippen molar-refractivity contribution in [2.75, 3.05) is 27.9 Å². The van der Waals surface area contributed by atoms with Crippen LogP contribution in [0.2, 0.25) is 0 Å². The van der Waals surface area contributed by atoms with E-state index in [9.17, 15) is 9.59 Å². The van der Waals surface area contributed by atoms with Gasteiger partial charge in [-0.2, -0.15) is 0 Å². The van der Waals surface area contributed by atoms with Crippen LogP contribution in [-0.2, 0) is 9.53 Å². The molecule has 0 saturated carbocycles. The number of carbonyl (C=O) groups is 2. The summed E-state index contributed by atoms with van der Waals surface area (Å²) in [5, 5.41) is 9.08. The Labute approximate surface area is 141 Å². The van der Waals surface area contributed by atoms with E-state index in [1.54, 1.807) is 24.1 Å². The van der Waals surface area contributed by atoms with Crippen LogP contribution in [0.3, 0.4) is 0 Å². The van der Waals surface area contributed by atoms with Gasteiger partial charge in [-0.15, -0.1) is 0 Å². The average Bonchev–Trinajstić information content (AvgIpc) is 2.96. The molecule has 1 aliphatic rings. The first-order chi connectivity index (χ1) is 11.4. The first-order valence-electron chi connectivity index (χ1n) is 7.69. The molecule has 0 radical (unpaired) electrons. The highest BCUT2D eigenvalue weighted by molar-refractivity contribution is 5.96. The summed E-state index contributed by atoms with van der Waals surface area (Å²) < 4.78 is 15.9. The van der Waals surface area contributed by atoms with Gasteiger partial charge in [0.15, 0.2) is 0 Å². The third kappa shape index (κ3) is 3.62. The smallest absolute Gasteiger partial charge is 0.305 e. The predicted molar refractivity (Wildman–Crippen MR) is 86.8 cm³/mol. The second kappa shape index (κ2) is 7.53. The zero-order valence-corrected chi connectivity index (χ0v) is 14.4. The number of ether oxygens (including phenoxy) is 3. The van der Waals surface area contributed by atoms with Gasteiger partial charge in [-0.1, -0.05) is 0 Å². The van der Waals surface area contributed by atoms with E-state index in [0.717, 1.165) is 5.56 Å². The highest BCUT2D eigenvalue weighted by Gasteiger charge is 2.37. The Kier molecular flexibility index (Phi) is 5.66. The Morgan fingerprint density at radius 2 is 1.79 bits per heavy atom. The molecule has 1 amide bonds. The lowest BCUT2D eigenvalue weighted by Gasteiger charge is -2.24. The lowest BCUT2D eigenvalue weighted by Crippen LogP contribution is -2.37. The minimum Gasteiger partial charge on any atom is -0.496 e. The fourth-order valence-corrected chi connectivity index (χ4v) is 3.06. The zero-order chi connectivity index (χ0) is 17.9. The maximum atomic E-state index is 12.9. The minimum absolute atomic E-state index is 0.105. The third-order valence-electron chi connectivity index (χ3n) is 4.38. The van der Waals surface area contributed by atoms with E-state index in [1.165, 1.54) is 14.2 Å². The van der Waals surface area contributed by atoms with Crippen LogP contribution < -0.4 is 9.47 Å². The number of methoxy groups -OCH3 is 3. The fraction of sp³-hybridized carbons (Fsp3) is 0.529. The lowest BCUT2D eigenvalue weighted by molar-refractivity contribution is -0.137. The Morgan fingerprint density at radius 1 is 1.21 bits per heavy atom. The van der Waals surface area contributed by atoms with Crippen LogP contribution >= 0.6 is 0 Å². The molecule has 7 nitrogen and oxygen atoms in total. The molecule has 1 N–H and O–H groups in total. The SMILES string of the molecule is COc1cc(C(=O)N2CC(OC)CC2CC(=O)O)cc(OC)c1C. The molecule has 24 heavy (non-hydrogen) atoms. The molecule has 0 bridgehead atoms. The van der Waals surface area contributed by atoms with E-state index in [2.05, 4.69) is 0 Å². The molecule has 2 unspecified atom stereocenters. The number of nitrogens with zero attached hydrogens (tertiary/aromatic N) is 1. The van der Waals surface area contributed by atoms with Crippen LogP contribution in [0.1, 0.15) is 28.8 Å². The molecular weight excluding hydrogens is 314 g/mol. The molecule has 132 valence electrons. The van der Waals surface area contributed by atoms with E-state index in [4.69, 9.17) is 19.3 Å². The summed E-state index contributed by atoms with van der Waals surface area (Å²) in [6, 6.07) is 2.91. The van der Waals surface area contributed by atoms with Crippen molar-refractivity contribution in [3.8, 4) is 11.5 Å². The number of amides is 1. The number of hydrogen-bond donors (Lipinski definition) is 1. The first-order valence-corrected chi connectivity index (χ1v) is 7.69. The monoisotopic (exact) mass is 337 g/mol. The van der Waals surface area contributed by atoms with Crippen molar-refractivity contribution in [3.63, 3.8) is 0 Å². The number of likely N-dealkylation sites (tertiary alicyclic amines) is 1. The lowest BCUT2D eigenvalue weighted by atomic mass is 10.1. The highest BCUT2D eigenvalue weighted by atomic mass is 16.5. The maximum Gasteiger partial charge on any atom is 0.305 e. The maximum absolute atomic E-state index is 12.9. The summed E-state index contributed by atoms with van der Waals surface area (Å²) in [6.07, 6.45) is 0.243. The molecule has 0 aromatic heterocycles. The normalized spacial score (nSPS) is 20.1. The van der Waals surface area contributed by atoms with Crippen molar-refractivity contribution in [1.82, 2.24) is 4.90 Å². The van der Waals surface area contributed by atoms with Crippen molar-refractivity contribution < 1.29 is 28.9 Å². The van der Waals surface area contributed by atoms with Crippen molar-refractivity contribution >= 4 is 11.9 Å². The summed E-state index contributed by atoms with van der Waals surface area (Å²) >= 11 is 0. The van der Waals surface area contributed by atoms with Crippen LogP contribution in [0.4, 0.5) is 0 Å². The Balaban J connectivity index is 2.33. The largest absolute Gasteiger partial charge is 0.496 e. The van der Waals surface area contributed by atoms with Crippen LogP contribution in [-0.4, -0.2) is 61.9 Å². The number of carbonyl (C=O) groups excluding carboxylic acids is 1. The van der Waals surface area contributed by atoms with Crippen molar-refractivity contribution in [2.45, 2.75) is 31.9 Å². The molecule has 2 rings (SSSR count). The number of carboxylic acids is 1. The van der Waals surface area contributed by atoms with Crippen molar-refractivity contribution in [3.05, 3.63) is 23.3 Å². The molecule has 2 atom stereocenters. The molecule has 1 aromatic carbocycles. The van der Waals surface area contributed by atoms with Gasteiger partial charge in [0.2, 0.25) is 0 Å². The second-order valence-corrected chi connectivity index (χ2v) is 5.81. The number of hydrogen-bond acceptors (Lipinski definition) is 5. The summed E-state index contributed by atoms with van der Waals surface area (Å²) in [7, 11) is 4.62. The van der Waals surface area contributed by atoms with E-state index in [-0.39, 0.29) is 18.4 Å². The average molecular weight is 337 g/mol. The number of rotatable bonds is 6. The van der Waals surface area contributed by atoms with Crippen LogP contribution in [0.25, 0.3) is 0 Å². The summed E-state index contributed by atoms with van der Waals surface area (Å²) in [5.74, 6) is -0.0871. The summed E-state index contributed by atoms with van der Waals surface area (Å²) in [5.41, 5.74) is 1.20. The highest BCUT2D eigenvalue weighted by Crippen LogP contribution is 2.32. The van der Waals surface area contributed by atoms with Gasteiger partial charge in [0.1, 0.15) is 11.5 Å². The van der Waals surface area contributed by atoms with Crippen molar-refractivity contribution in [1.29, 1.82) is 0 Å². The molecule has 7 heteroatoms. The molecule has 0 spiro atoms. The van der Waals surface area contributed by atoms with Gasteiger partial charge in [-0.05, 0) is 25.5 Å². The first kappa shape index (κ1) is 18.1. The Hall–Kier alpha value is -2.28. The quantitative estimate of drug-likeness (QED) is 0.851. The van der Waals surface area contributed by atoms with E-state index in [0.29, 0.717) is 30.0 Å². The summed E-state index contributed by atoms with van der Waals surface area (Å²) in [6.45, 7) is 2.21. The molecule has 1 saturated heterocycles. The molecular formula is C17H23NO6. The second-order valence-electron chi connectivity index (χ2n) is 5.81. The van der Waals surface area contributed by atoms with Crippen LogP contribution in [0.15, 0.2) is 12.1 Å². The van der Waals surface area contributed by atoms with Gasteiger partial charge in [-0.25, -0.2) is 0 Å². The fourth-order valence-electron chi connectivity index (χ4n) is 3.06. The molecule has 0 aliphatic carbocycles. The van der Waals surface area contributed by atoms with Crippen LogP contribution in [0, 0.1) is 6.92 Å². The molecule has 1 aromatic rings. The molecule has 1 fully saturated rings. The molecule has 1 heterocycles. The van der Waals surface area contributed by atoms with Gasteiger partial charge in [-0.3, -0.25) is 9.59 Å². The Morgan fingerprint density at radius 3 is 2.25 bits per heavy atom. The van der Waals surface area contributed by atoms with Gasteiger partial charge in [0, 0.05) is 30.8 Å². The van der Waals surface area contributed by atoms with Gasteiger partial charge in [0.25, 0.3) is 5.91 Å². The predicted octanol–water partition coefficient (Wildman–Crippen LogP) is 1.72. The molecule has 1 aliphatic heterocycles. The van der Waals surface area contributed by atoms with E-state index >= 15 is 0 Å². The Bertz CT molecular complexity index is 605. The van der Waals surface area contributed by atoms with Crippen molar-refractivity contribution in [2.24, 2.45) is 0 Å². The number of carboxylic acid groups (broad SMARTS) is 1. The minimum atomic E-state index is -0.936. The van der Waals surface area contributed by atoms with E-state index in [1.807, 2.05) is 6.92 Å². The standard InChI is InChI=1S/C17H23NO6/c1-10-14(23-3)5-11(6-15(10)24-4)17(21)18-9-13(22-2)7-12(18)8-16(19)20/h5-6,12-13H,7-9H2,1-4H3,(H,19,20). The van der Waals surface area contributed by atoms with E-state index < -0.39 is 12.0 Å².